The minimum absolute atomic E-state index is 0.112. The third-order valence-corrected chi connectivity index (χ3v) is 5.28. The summed E-state index contributed by atoms with van der Waals surface area (Å²) >= 11 is 0. The van der Waals surface area contributed by atoms with E-state index in [9.17, 15) is 18.0 Å². The van der Waals surface area contributed by atoms with Crippen LogP contribution in [0.4, 0.5) is 24.5 Å². The fraction of sp³-hybridized carbons (Fsp3) is 0.154. The molecular weight excluding hydrogens is 427 g/mol. The molecule has 4 nitrogen and oxygen atoms in total. The molecule has 3 aromatic carbocycles. The van der Waals surface area contributed by atoms with Crippen LogP contribution in [0.25, 0.3) is 6.08 Å². The highest BCUT2D eigenvalue weighted by Gasteiger charge is 2.35. The molecule has 0 spiro atoms. The number of carbonyl (C=O) groups is 1. The van der Waals surface area contributed by atoms with Gasteiger partial charge in [0.2, 0.25) is 0 Å². The van der Waals surface area contributed by atoms with E-state index < -0.39 is 17.6 Å². The topological polar surface area (TPSA) is 35.9 Å². The van der Waals surface area contributed by atoms with Crippen molar-refractivity contribution in [3.8, 4) is 0 Å². The van der Waals surface area contributed by atoms with Crippen molar-refractivity contribution in [3.05, 3.63) is 101 Å². The zero-order valence-electron chi connectivity index (χ0n) is 18.4. The van der Waals surface area contributed by atoms with Crippen LogP contribution in [-0.2, 0) is 11.0 Å². The average molecular weight is 449 g/mol. The molecule has 0 unspecified atom stereocenters. The molecule has 1 aliphatic rings. The van der Waals surface area contributed by atoms with Crippen LogP contribution in [0.1, 0.15) is 22.3 Å². The molecule has 0 aliphatic carbocycles. The van der Waals surface area contributed by atoms with Gasteiger partial charge < -0.3 is 4.90 Å². The van der Waals surface area contributed by atoms with Gasteiger partial charge in [-0.25, -0.2) is 4.99 Å². The second-order valence-electron chi connectivity index (χ2n) is 8.01. The number of amides is 1. The molecule has 168 valence electrons. The molecule has 0 aromatic heterocycles. The summed E-state index contributed by atoms with van der Waals surface area (Å²) < 4.78 is 40.0. The summed E-state index contributed by atoms with van der Waals surface area (Å²) in [6.07, 6.45) is -2.88. The minimum atomic E-state index is -4.52. The molecule has 7 heteroatoms. The van der Waals surface area contributed by atoms with Crippen molar-refractivity contribution in [2.24, 2.45) is 4.99 Å². The Bertz CT molecular complexity index is 1260. The van der Waals surface area contributed by atoms with Crippen molar-refractivity contribution in [2.75, 3.05) is 23.9 Å². The fourth-order valence-electron chi connectivity index (χ4n) is 3.58. The first-order valence-corrected chi connectivity index (χ1v) is 10.3. The second kappa shape index (κ2) is 8.58. The van der Waals surface area contributed by atoms with E-state index in [1.807, 2.05) is 68.4 Å². The summed E-state index contributed by atoms with van der Waals surface area (Å²) in [5, 5.41) is 0. The van der Waals surface area contributed by atoms with Crippen LogP contribution in [0.2, 0.25) is 0 Å². The highest BCUT2D eigenvalue weighted by atomic mass is 19.4. The summed E-state index contributed by atoms with van der Waals surface area (Å²) in [7, 11) is 3.86. The number of benzene rings is 3. The zero-order chi connectivity index (χ0) is 23.8. The van der Waals surface area contributed by atoms with Crippen LogP contribution in [-0.4, -0.2) is 25.8 Å². The lowest BCUT2D eigenvalue weighted by Crippen LogP contribution is -2.33. The normalized spacial score (nSPS) is 15.2. The van der Waals surface area contributed by atoms with Gasteiger partial charge in [0.05, 0.1) is 11.3 Å². The van der Waals surface area contributed by atoms with Gasteiger partial charge in [-0.05, 0) is 55.0 Å². The van der Waals surface area contributed by atoms with Gasteiger partial charge in [-0.2, -0.15) is 13.2 Å². The molecule has 33 heavy (non-hydrogen) atoms. The van der Waals surface area contributed by atoms with Crippen molar-refractivity contribution in [2.45, 2.75) is 13.1 Å². The van der Waals surface area contributed by atoms with Gasteiger partial charge in [0.25, 0.3) is 5.91 Å². The second-order valence-corrected chi connectivity index (χ2v) is 8.01. The molecule has 1 amide bonds. The van der Waals surface area contributed by atoms with Crippen molar-refractivity contribution < 1.29 is 18.0 Å². The third-order valence-electron chi connectivity index (χ3n) is 5.28. The van der Waals surface area contributed by atoms with Crippen LogP contribution in [0.3, 0.4) is 0 Å². The van der Waals surface area contributed by atoms with E-state index in [1.165, 1.54) is 17.0 Å². The molecule has 0 fully saturated rings. The standard InChI is InChI=1S/C26H22F3N3O/c1-17-6-4-7-19(14-17)24-30-23(15-18-10-12-21(13-11-18)31(2)3)25(33)32(24)22-9-5-8-20(16-22)26(27,28)29/h4-16H,1-3H3. The minimum Gasteiger partial charge on any atom is -0.378 e. The Labute approximate surface area is 190 Å². The van der Waals surface area contributed by atoms with E-state index in [1.54, 1.807) is 12.1 Å². The van der Waals surface area contributed by atoms with Gasteiger partial charge in [0.15, 0.2) is 0 Å². The highest BCUT2D eigenvalue weighted by molar-refractivity contribution is 6.33. The molecule has 0 saturated carbocycles. The predicted molar refractivity (Wildman–Crippen MR) is 125 cm³/mol. The SMILES string of the molecule is Cc1cccc(C2=NC(=Cc3ccc(N(C)C)cc3)C(=O)N2c2cccc(C(F)(F)F)c2)c1. The van der Waals surface area contributed by atoms with E-state index >= 15 is 0 Å². The lowest BCUT2D eigenvalue weighted by molar-refractivity contribution is -0.137. The van der Waals surface area contributed by atoms with Crippen LogP contribution in [0.15, 0.2) is 83.5 Å². The number of amidine groups is 1. The van der Waals surface area contributed by atoms with Gasteiger partial charge in [-0.15, -0.1) is 0 Å². The molecule has 4 rings (SSSR count). The van der Waals surface area contributed by atoms with Crippen LogP contribution < -0.4 is 9.80 Å². The number of aliphatic imine (C=N–C) groups is 1. The van der Waals surface area contributed by atoms with Gasteiger partial charge in [-0.3, -0.25) is 9.69 Å². The molecule has 1 heterocycles. The van der Waals surface area contributed by atoms with E-state index in [0.29, 0.717) is 11.4 Å². The molecule has 0 N–H and O–H groups in total. The van der Waals surface area contributed by atoms with E-state index in [-0.39, 0.29) is 11.4 Å². The fourth-order valence-corrected chi connectivity index (χ4v) is 3.58. The Morgan fingerprint density at radius 3 is 2.27 bits per heavy atom. The molecule has 1 aliphatic heterocycles. The maximum atomic E-state index is 13.4. The summed E-state index contributed by atoms with van der Waals surface area (Å²) in [4.78, 5) is 21.1. The predicted octanol–water partition coefficient (Wildman–Crippen LogP) is 5.91. The van der Waals surface area contributed by atoms with E-state index in [0.717, 1.165) is 28.9 Å². The number of rotatable bonds is 4. The lowest BCUT2D eigenvalue weighted by Gasteiger charge is -2.20. The van der Waals surface area contributed by atoms with Gasteiger partial charge >= 0.3 is 6.18 Å². The Kier molecular flexibility index (Phi) is 5.80. The third kappa shape index (κ3) is 4.67. The molecule has 0 atom stereocenters. The lowest BCUT2D eigenvalue weighted by atomic mass is 10.1. The number of anilines is 2. The van der Waals surface area contributed by atoms with Gasteiger partial charge in [-0.1, -0.05) is 42.0 Å². The number of alkyl halides is 3. The maximum absolute atomic E-state index is 13.4. The number of carbonyl (C=O) groups excluding carboxylic acids is 1. The van der Waals surface area contributed by atoms with Crippen LogP contribution in [0, 0.1) is 6.92 Å². The summed E-state index contributed by atoms with van der Waals surface area (Å²) in [6, 6.07) is 19.7. The van der Waals surface area contributed by atoms with Crippen LogP contribution >= 0.6 is 0 Å². The number of aryl methyl sites for hydroxylation is 1. The molecular formula is C26H22F3N3O. The zero-order valence-corrected chi connectivity index (χ0v) is 18.4. The van der Waals surface area contributed by atoms with Gasteiger partial charge in [0, 0.05) is 25.3 Å². The Balaban J connectivity index is 1.81. The van der Waals surface area contributed by atoms with Crippen molar-refractivity contribution in [3.63, 3.8) is 0 Å². The first kappa shape index (κ1) is 22.3. The Hall–Kier alpha value is -3.87. The number of hydrogen-bond donors (Lipinski definition) is 0. The van der Waals surface area contributed by atoms with Crippen LogP contribution in [0.5, 0.6) is 0 Å². The van der Waals surface area contributed by atoms with Crippen molar-refractivity contribution >= 4 is 29.2 Å². The smallest absolute Gasteiger partial charge is 0.378 e. The van der Waals surface area contributed by atoms with E-state index in [2.05, 4.69) is 4.99 Å². The highest BCUT2D eigenvalue weighted by Crippen LogP contribution is 2.34. The first-order valence-electron chi connectivity index (χ1n) is 10.3. The number of halogens is 3. The monoisotopic (exact) mass is 449 g/mol. The number of hydrogen-bond acceptors (Lipinski definition) is 3. The van der Waals surface area contributed by atoms with E-state index in [4.69, 9.17) is 0 Å². The first-order chi connectivity index (χ1) is 15.6. The Morgan fingerprint density at radius 2 is 1.64 bits per heavy atom. The largest absolute Gasteiger partial charge is 0.416 e. The maximum Gasteiger partial charge on any atom is 0.416 e. The summed E-state index contributed by atoms with van der Waals surface area (Å²) in [5.41, 5.74) is 2.80. The van der Waals surface area contributed by atoms with Crippen molar-refractivity contribution in [1.29, 1.82) is 0 Å². The van der Waals surface area contributed by atoms with Crippen molar-refractivity contribution in [1.82, 2.24) is 0 Å². The van der Waals surface area contributed by atoms with Gasteiger partial charge in [0.1, 0.15) is 11.5 Å². The average Bonchev–Trinajstić information content (AvgIpc) is 3.09. The quantitative estimate of drug-likeness (QED) is 0.464. The number of nitrogens with zero attached hydrogens (tertiary/aromatic N) is 3. The molecule has 0 radical (unpaired) electrons. The summed E-state index contributed by atoms with van der Waals surface area (Å²) in [6.45, 7) is 1.90. The Morgan fingerprint density at radius 1 is 0.939 bits per heavy atom. The molecule has 3 aromatic rings. The molecule has 0 bridgehead atoms. The summed E-state index contributed by atoms with van der Waals surface area (Å²) in [5.74, 6) is -0.193. The molecule has 0 saturated heterocycles.